The molecule has 3 rings (SSSR count). The molecule has 0 amide bonds. The minimum atomic E-state index is -0.944. The predicted octanol–water partition coefficient (Wildman–Crippen LogP) is 4.65. The fourth-order valence-corrected chi connectivity index (χ4v) is 3.37. The number of fused-ring (bicyclic) bond motifs is 1. The standard InChI is InChI=1S/C22H23ClN2O3/c1-2-11-25(24-14-21(26)16-6-3-7-18(23)13-16)20-8-4-5-15-12-17(22(27)28)9-10-19(15)20/h3-10,12-13,21,24,26H,2,11,14H2,1H3,(H,27,28)/t21-/m1/s1. The van der Waals surface area contributed by atoms with Gasteiger partial charge in [0.15, 0.2) is 0 Å². The van der Waals surface area contributed by atoms with Crippen molar-refractivity contribution in [2.75, 3.05) is 18.1 Å². The number of aliphatic hydroxyl groups is 1. The zero-order valence-electron chi connectivity index (χ0n) is 15.6. The zero-order chi connectivity index (χ0) is 20.1. The van der Waals surface area contributed by atoms with E-state index < -0.39 is 12.1 Å². The first-order chi connectivity index (χ1) is 13.5. The largest absolute Gasteiger partial charge is 0.478 e. The number of carboxylic acid groups (broad SMARTS) is 1. The molecule has 0 aliphatic heterocycles. The summed E-state index contributed by atoms with van der Waals surface area (Å²) in [5.41, 5.74) is 5.26. The van der Waals surface area contributed by atoms with E-state index >= 15 is 0 Å². The monoisotopic (exact) mass is 398 g/mol. The Morgan fingerprint density at radius 1 is 1.14 bits per heavy atom. The highest BCUT2D eigenvalue weighted by atomic mass is 35.5. The number of hydrazine groups is 1. The molecule has 3 aromatic rings. The van der Waals surface area contributed by atoms with Crippen molar-refractivity contribution in [1.82, 2.24) is 5.43 Å². The SMILES string of the molecule is CCCN(NC[C@@H](O)c1cccc(Cl)c1)c1cccc2cc(C(=O)O)ccc12. The molecule has 6 heteroatoms. The Balaban J connectivity index is 1.84. The fourth-order valence-electron chi connectivity index (χ4n) is 3.17. The molecule has 0 aliphatic rings. The molecule has 0 heterocycles. The molecule has 28 heavy (non-hydrogen) atoms. The van der Waals surface area contributed by atoms with Crippen LogP contribution in [0.3, 0.4) is 0 Å². The maximum absolute atomic E-state index is 11.2. The summed E-state index contributed by atoms with van der Waals surface area (Å²) < 4.78 is 0. The molecular weight excluding hydrogens is 376 g/mol. The first-order valence-corrected chi connectivity index (χ1v) is 9.58. The number of nitrogens with zero attached hydrogens (tertiary/aromatic N) is 1. The van der Waals surface area contributed by atoms with Crippen LogP contribution in [0.25, 0.3) is 10.8 Å². The fraction of sp³-hybridized carbons (Fsp3) is 0.227. The number of hydrogen-bond acceptors (Lipinski definition) is 4. The second-order valence-corrected chi connectivity index (χ2v) is 7.04. The van der Waals surface area contributed by atoms with Gasteiger partial charge in [-0.3, -0.25) is 0 Å². The minimum absolute atomic E-state index is 0.260. The first-order valence-electron chi connectivity index (χ1n) is 9.20. The van der Waals surface area contributed by atoms with Gasteiger partial charge < -0.3 is 15.2 Å². The van der Waals surface area contributed by atoms with Gasteiger partial charge in [0.25, 0.3) is 0 Å². The van der Waals surface area contributed by atoms with Gasteiger partial charge in [0.1, 0.15) is 0 Å². The topological polar surface area (TPSA) is 72.8 Å². The predicted molar refractivity (Wildman–Crippen MR) is 113 cm³/mol. The third-order valence-electron chi connectivity index (χ3n) is 4.55. The lowest BCUT2D eigenvalue weighted by atomic mass is 10.0. The highest BCUT2D eigenvalue weighted by Gasteiger charge is 2.14. The number of carbonyl (C=O) groups is 1. The van der Waals surface area contributed by atoms with Crippen molar-refractivity contribution >= 4 is 34.0 Å². The van der Waals surface area contributed by atoms with Crippen LogP contribution in [0.1, 0.15) is 35.4 Å². The summed E-state index contributed by atoms with van der Waals surface area (Å²) in [6.07, 6.45) is 0.204. The molecule has 0 saturated heterocycles. The summed E-state index contributed by atoms with van der Waals surface area (Å²) in [5, 5.41) is 24.1. The van der Waals surface area contributed by atoms with Crippen molar-refractivity contribution in [3.8, 4) is 0 Å². The van der Waals surface area contributed by atoms with Crippen molar-refractivity contribution in [2.45, 2.75) is 19.4 Å². The van der Waals surface area contributed by atoms with Crippen molar-refractivity contribution in [3.05, 3.63) is 76.8 Å². The number of benzene rings is 3. The Labute approximate surface area is 169 Å². The number of aliphatic hydroxyl groups excluding tert-OH is 1. The molecule has 0 spiro atoms. The van der Waals surface area contributed by atoms with Gasteiger partial charge in [-0.2, -0.15) is 0 Å². The molecule has 146 valence electrons. The van der Waals surface area contributed by atoms with Gasteiger partial charge in [0.2, 0.25) is 0 Å². The van der Waals surface area contributed by atoms with E-state index in [-0.39, 0.29) is 5.56 Å². The maximum Gasteiger partial charge on any atom is 0.335 e. The smallest absolute Gasteiger partial charge is 0.335 e. The molecule has 1 atom stereocenters. The van der Waals surface area contributed by atoms with E-state index in [1.807, 2.05) is 41.4 Å². The van der Waals surface area contributed by atoms with E-state index in [2.05, 4.69) is 12.3 Å². The van der Waals surface area contributed by atoms with Crippen molar-refractivity contribution < 1.29 is 15.0 Å². The number of hydrogen-bond donors (Lipinski definition) is 3. The Kier molecular flexibility index (Phi) is 6.52. The van der Waals surface area contributed by atoms with Crippen LogP contribution < -0.4 is 10.4 Å². The van der Waals surface area contributed by atoms with Gasteiger partial charge in [-0.1, -0.05) is 48.9 Å². The first kappa shape index (κ1) is 20.1. The van der Waals surface area contributed by atoms with Crippen LogP contribution in [0, 0.1) is 0 Å². The summed E-state index contributed by atoms with van der Waals surface area (Å²) in [5.74, 6) is -0.944. The third kappa shape index (κ3) is 4.62. The Morgan fingerprint density at radius 2 is 1.93 bits per heavy atom. The Hall–Kier alpha value is -2.60. The average Bonchev–Trinajstić information content (AvgIpc) is 2.70. The molecule has 3 aromatic carbocycles. The van der Waals surface area contributed by atoms with Crippen molar-refractivity contribution in [2.24, 2.45) is 0 Å². The van der Waals surface area contributed by atoms with Gasteiger partial charge >= 0.3 is 5.97 Å². The van der Waals surface area contributed by atoms with Crippen LogP contribution in [0.2, 0.25) is 5.02 Å². The molecule has 0 saturated carbocycles. The number of halogens is 1. The highest BCUT2D eigenvalue weighted by molar-refractivity contribution is 6.30. The molecule has 0 radical (unpaired) electrons. The van der Waals surface area contributed by atoms with Crippen LogP contribution in [0.5, 0.6) is 0 Å². The molecule has 0 bridgehead atoms. The molecule has 5 nitrogen and oxygen atoms in total. The van der Waals surface area contributed by atoms with Crippen LogP contribution in [0.4, 0.5) is 5.69 Å². The molecule has 0 unspecified atom stereocenters. The van der Waals surface area contributed by atoms with Crippen LogP contribution in [-0.4, -0.2) is 29.3 Å². The lowest BCUT2D eigenvalue weighted by molar-refractivity contribution is 0.0697. The number of carboxylic acids is 1. The lowest BCUT2D eigenvalue weighted by Crippen LogP contribution is -2.41. The number of rotatable bonds is 8. The molecule has 0 aromatic heterocycles. The van der Waals surface area contributed by atoms with Crippen LogP contribution in [-0.2, 0) is 0 Å². The van der Waals surface area contributed by atoms with E-state index in [1.54, 1.807) is 24.3 Å². The van der Waals surface area contributed by atoms with Gasteiger partial charge in [-0.15, -0.1) is 0 Å². The van der Waals surface area contributed by atoms with Crippen molar-refractivity contribution in [3.63, 3.8) is 0 Å². The number of nitrogens with one attached hydrogen (secondary N) is 1. The zero-order valence-corrected chi connectivity index (χ0v) is 16.4. The molecular formula is C22H23ClN2O3. The van der Waals surface area contributed by atoms with Crippen LogP contribution >= 0.6 is 11.6 Å². The van der Waals surface area contributed by atoms with E-state index in [1.165, 1.54) is 0 Å². The quantitative estimate of drug-likeness (QED) is 0.482. The summed E-state index contributed by atoms with van der Waals surface area (Å²) in [4.78, 5) is 11.2. The Morgan fingerprint density at radius 3 is 2.64 bits per heavy atom. The van der Waals surface area contributed by atoms with Gasteiger partial charge in [0, 0.05) is 23.5 Å². The molecule has 0 aliphatic carbocycles. The normalized spacial score (nSPS) is 12.1. The van der Waals surface area contributed by atoms with E-state index in [0.29, 0.717) is 11.6 Å². The van der Waals surface area contributed by atoms with Crippen molar-refractivity contribution in [1.29, 1.82) is 0 Å². The summed E-state index contributed by atoms with van der Waals surface area (Å²) in [7, 11) is 0. The van der Waals surface area contributed by atoms with E-state index in [4.69, 9.17) is 11.6 Å². The average molecular weight is 399 g/mol. The Bertz CT molecular complexity index is 977. The van der Waals surface area contributed by atoms with E-state index in [9.17, 15) is 15.0 Å². The molecule has 0 fully saturated rings. The van der Waals surface area contributed by atoms with Crippen LogP contribution in [0.15, 0.2) is 60.7 Å². The summed E-state index contributed by atoms with van der Waals surface area (Å²) in [6, 6.07) is 18.1. The van der Waals surface area contributed by atoms with Gasteiger partial charge in [0.05, 0.1) is 17.4 Å². The number of anilines is 1. The van der Waals surface area contributed by atoms with E-state index in [0.717, 1.165) is 35.0 Å². The van der Waals surface area contributed by atoms with Gasteiger partial charge in [-0.25, -0.2) is 10.2 Å². The highest BCUT2D eigenvalue weighted by Crippen LogP contribution is 2.27. The maximum atomic E-state index is 11.2. The summed E-state index contributed by atoms with van der Waals surface area (Å²) >= 11 is 6.01. The summed E-state index contributed by atoms with van der Waals surface area (Å²) in [6.45, 7) is 3.14. The number of aromatic carboxylic acids is 1. The second-order valence-electron chi connectivity index (χ2n) is 6.60. The lowest BCUT2D eigenvalue weighted by Gasteiger charge is -2.28. The minimum Gasteiger partial charge on any atom is -0.478 e. The second kappa shape index (κ2) is 9.06. The third-order valence-corrected chi connectivity index (χ3v) is 4.79. The van der Waals surface area contributed by atoms with Gasteiger partial charge in [-0.05, 0) is 47.7 Å². The molecule has 3 N–H and O–H groups in total.